The van der Waals surface area contributed by atoms with Crippen molar-refractivity contribution in [3.63, 3.8) is 0 Å². The smallest absolute Gasteiger partial charge is 0.261 e. The summed E-state index contributed by atoms with van der Waals surface area (Å²) in [5.74, 6) is -0.665. The molecule has 3 aromatic rings. The first-order chi connectivity index (χ1) is 11.7. The Labute approximate surface area is 158 Å². The predicted octanol–water partition coefficient (Wildman–Crippen LogP) is 5.39. The lowest BCUT2D eigenvalue weighted by atomic mass is 10.3. The molecule has 132 valence electrons. The molecule has 0 aliphatic rings. The number of halogens is 2. The topological polar surface area (TPSA) is 59.1 Å². The first-order valence-corrected chi connectivity index (χ1v) is 10.9. The standard InChI is InChI=1S/C16H14ClFN2O2S3/c1-9(2)23-16-19-14-6-3-10(7-15(14)24-16)20-25(21,22)11-4-5-13(18)12(17)8-11/h3-9,20H,1-2H3. The van der Waals surface area contributed by atoms with E-state index in [1.54, 1.807) is 30.0 Å². The van der Waals surface area contributed by atoms with Crippen LogP contribution in [-0.4, -0.2) is 18.7 Å². The molecular formula is C16H14ClFN2O2S3. The summed E-state index contributed by atoms with van der Waals surface area (Å²) in [6, 6.07) is 8.44. The van der Waals surface area contributed by atoms with Gasteiger partial charge in [0.25, 0.3) is 10.0 Å². The van der Waals surface area contributed by atoms with E-state index >= 15 is 0 Å². The number of thiazole rings is 1. The van der Waals surface area contributed by atoms with Crippen molar-refractivity contribution >= 4 is 60.6 Å². The van der Waals surface area contributed by atoms with Gasteiger partial charge in [-0.25, -0.2) is 17.8 Å². The summed E-state index contributed by atoms with van der Waals surface area (Å²) in [5, 5.41) is 0.179. The van der Waals surface area contributed by atoms with E-state index in [0.717, 1.165) is 26.7 Å². The maximum absolute atomic E-state index is 13.2. The molecule has 0 unspecified atom stereocenters. The van der Waals surface area contributed by atoms with Gasteiger partial charge in [0.2, 0.25) is 0 Å². The van der Waals surface area contributed by atoms with Crippen LogP contribution in [0.5, 0.6) is 0 Å². The van der Waals surface area contributed by atoms with E-state index in [2.05, 4.69) is 23.6 Å². The number of nitrogens with one attached hydrogen (secondary N) is 1. The molecular weight excluding hydrogens is 403 g/mol. The largest absolute Gasteiger partial charge is 0.280 e. The highest BCUT2D eigenvalue weighted by Gasteiger charge is 2.17. The van der Waals surface area contributed by atoms with Gasteiger partial charge in [0, 0.05) is 5.25 Å². The van der Waals surface area contributed by atoms with Crippen molar-refractivity contribution in [2.45, 2.75) is 28.3 Å². The molecule has 0 aliphatic heterocycles. The monoisotopic (exact) mass is 416 g/mol. The van der Waals surface area contributed by atoms with Crippen LogP contribution in [-0.2, 0) is 10.0 Å². The van der Waals surface area contributed by atoms with Crippen LogP contribution in [0.2, 0.25) is 5.02 Å². The quantitative estimate of drug-likeness (QED) is 0.566. The number of fused-ring (bicyclic) bond motifs is 1. The number of thioether (sulfide) groups is 1. The number of aromatic nitrogens is 1. The molecule has 0 fully saturated rings. The van der Waals surface area contributed by atoms with Gasteiger partial charge in [0.15, 0.2) is 4.34 Å². The number of rotatable bonds is 5. The zero-order chi connectivity index (χ0) is 18.2. The molecule has 9 heteroatoms. The molecule has 2 aromatic carbocycles. The van der Waals surface area contributed by atoms with E-state index < -0.39 is 15.8 Å². The molecule has 4 nitrogen and oxygen atoms in total. The Bertz CT molecular complexity index is 1040. The first kappa shape index (κ1) is 18.4. The van der Waals surface area contributed by atoms with Crippen molar-refractivity contribution in [3.05, 3.63) is 47.2 Å². The van der Waals surface area contributed by atoms with Crippen LogP contribution in [0.4, 0.5) is 10.1 Å². The fourth-order valence-corrected chi connectivity index (χ4v) is 5.73. The van der Waals surface area contributed by atoms with Gasteiger partial charge in [-0.15, -0.1) is 11.3 Å². The summed E-state index contributed by atoms with van der Waals surface area (Å²) in [6.07, 6.45) is 0. The molecule has 0 spiro atoms. The highest BCUT2D eigenvalue weighted by atomic mass is 35.5. The number of hydrogen-bond acceptors (Lipinski definition) is 5. The number of sulfonamides is 1. The third-order valence-corrected chi connectivity index (χ3v) is 6.94. The molecule has 0 aliphatic carbocycles. The summed E-state index contributed by atoms with van der Waals surface area (Å²) in [7, 11) is -3.86. The van der Waals surface area contributed by atoms with E-state index in [-0.39, 0.29) is 9.92 Å². The average Bonchev–Trinajstić information content (AvgIpc) is 2.90. The van der Waals surface area contributed by atoms with Crippen LogP contribution in [0.1, 0.15) is 13.8 Å². The van der Waals surface area contributed by atoms with Crippen LogP contribution in [0, 0.1) is 5.82 Å². The third kappa shape index (κ3) is 4.25. The maximum Gasteiger partial charge on any atom is 0.261 e. The molecule has 0 radical (unpaired) electrons. The summed E-state index contributed by atoms with van der Waals surface area (Å²) in [6.45, 7) is 4.17. The fourth-order valence-electron chi connectivity index (χ4n) is 2.08. The molecule has 0 atom stereocenters. The minimum absolute atomic E-state index is 0.0978. The summed E-state index contributed by atoms with van der Waals surface area (Å²) < 4.78 is 42.4. The molecule has 0 bridgehead atoms. The first-order valence-electron chi connectivity index (χ1n) is 7.30. The van der Waals surface area contributed by atoms with Crippen molar-refractivity contribution in [2.24, 2.45) is 0 Å². The second kappa shape index (κ2) is 7.11. The Kier molecular flexibility index (Phi) is 5.24. The average molecular weight is 417 g/mol. The van der Waals surface area contributed by atoms with Crippen LogP contribution in [0.15, 0.2) is 45.6 Å². The van der Waals surface area contributed by atoms with Gasteiger partial charge in [-0.3, -0.25) is 4.72 Å². The van der Waals surface area contributed by atoms with Crippen LogP contribution in [0.25, 0.3) is 10.2 Å². The Morgan fingerprint density at radius 1 is 1.24 bits per heavy atom. The Morgan fingerprint density at radius 3 is 2.68 bits per heavy atom. The predicted molar refractivity (Wildman–Crippen MR) is 103 cm³/mol. The highest BCUT2D eigenvalue weighted by molar-refractivity contribution is 8.01. The molecule has 0 saturated heterocycles. The molecule has 1 heterocycles. The minimum Gasteiger partial charge on any atom is -0.280 e. The molecule has 1 aromatic heterocycles. The number of nitrogens with zero attached hydrogens (tertiary/aromatic N) is 1. The van der Waals surface area contributed by atoms with E-state index in [0.29, 0.717) is 10.9 Å². The lowest BCUT2D eigenvalue weighted by molar-refractivity contribution is 0.599. The van der Waals surface area contributed by atoms with Crippen LogP contribution >= 0.6 is 34.7 Å². The highest BCUT2D eigenvalue weighted by Crippen LogP contribution is 2.33. The van der Waals surface area contributed by atoms with Gasteiger partial charge >= 0.3 is 0 Å². The minimum atomic E-state index is -3.86. The summed E-state index contributed by atoms with van der Waals surface area (Å²) in [5.41, 5.74) is 1.23. The number of anilines is 1. The molecule has 1 N–H and O–H groups in total. The van der Waals surface area contributed by atoms with E-state index in [1.807, 2.05) is 0 Å². The molecule has 0 amide bonds. The van der Waals surface area contributed by atoms with Crippen LogP contribution < -0.4 is 4.72 Å². The Morgan fingerprint density at radius 2 is 2.00 bits per heavy atom. The van der Waals surface area contributed by atoms with Gasteiger partial charge in [-0.2, -0.15) is 0 Å². The zero-order valence-electron chi connectivity index (χ0n) is 13.3. The van der Waals surface area contributed by atoms with Crippen molar-refractivity contribution in [1.82, 2.24) is 4.98 Å². The second-order valence-electron chi connectivity index (χ2n) is 5.51. The third-order valence-electron chi connectivity index (χ3n) is 3.16. The second-order valence-corrected chi connectivity index (χ2v) is 10.5. The molecule has 3 rings (SSSR count). The Balaban J connectivity index is 1.89. The van der Waals surface area contributed by atoms with E-state index in [9.17, 15) is 12.8 Å². The lowest BCUT2D eigenvalue weighted by Gasteiger charge is -2.08. The van der Waals surface area contributed by atoms with Crippen molar-refractivity contribution in [3.8, 4) is 0 Å². The van der Waals surface area contributed by atoms with Gasteiger partial charge in [0.05, 0.1) is 25.8 Å². The van der Waals surface area contributed by atoms with Gasteiger partial charge < -0.3 is 0 Å². The Hall–Kier alpha value is -1.35. The summed E-state index contributed by atoms with van der Waals surface area (Å²) in [4.78, 5) is 4.42. The fraction of sp³-hybridized carbons (Fsp3) is 0.188. The molecule has 0 saturated carbocycles. The van der Waals surface area contributed by atoms with Gasteiger partial charge in [0.1, 0.15) is 5.82 Å². The summed E-state index contributed by atoms with van der Waals surface area (Å²) >= 11 is 8.84. The van der Waals surface area contributed by atoms with Crippen molar-refractivity contribution < 1.29 is 12.8 Å². The van der Waals surface area contributed by atoms with Crippen LogP contribution in [0.3, 0.4) is 0 Å². The van der Waals surface area contributed by atoms with Gasteiger partial charge in [-0.1, -0.05) is 37.2 Å². The normalized spacial score (nSPS) is 12.0. The lowest BCUT2D eigenvalue weighted by Crippen LogP contribution is -2.13. The SMILES string of the molecule is CC(C)Sc1nc2ccc(NS(=O)(=O)c3ccc(F)c(Cl)c3)cc2s1. The van der Waals surface area contributed by atoms with Gasteiger partial charge in [-0.05, 0) is 36.4 Å². The van der Waals surface area contributed by atoms with E-state index in [4.69, 9.17) is 11.6 Å². The van der Waals surface area contributed by atoms with Crippen molar-refractivity contribution in [1.29, 1.82) is 0 Å². The van der Waals surface area contributed by atoms with E-state index in [1.165, 1.54) is 17.4 Å². The number of benzene rings is 2. The maximum atomic E-state index is 13.2. The van der Waals surface area contributed by atoms with Crippen molar-refractivity contribution in [2.75, 3.05) is 4.72 Å². The zero-order valence-corrected chi connectivity index (χ0v) is 16.5. The molecule has 25 heavy (non-hydrogen) atoms. The number of hydrogen-bond donors (Lipinski definition) is 1.